The number of nitrogens with zero attached hydrogens (tertiary/aromatic N) is 3. The smallest absolute Gasteiger partial charge is 0.124 e. The molecule has 90 valence electrons. The number of aryl methyl sites for hydroxylation is 1. The molecule has 6 heteroatoms. The van der Waals surface area contributed by atoms with Crippen LogP contribution < -0.4 is 5.73 Å². The van der Waals surface area contributed by atoms with Gasteiger partial charge in [-0.3, -0.25) is 4.68 Å². The highest BCUT2D eigenvalue weighted by atomic mass is 35.5. The third-order valence-corrected chi connectivity index (χ3v) is 2.94. The summed E-state index contributed by atoms with van der Waals surface area (Å²) in [5.41, 5.74) is 7.64. The molecule has 1 atom stereocenters. The summed E-state index contributed by atoms with van der Waals surface area (Å²) in [6, 6.07) is 4.03. The maximum Gasteiger partial charge on any atom is 0.124 e. The quantitative estimate of drug-likeness (QED) is 0.910. The van der Waals surface area contributed by atoms with Gasteiger partial charge in [-0.2, -0.15) is 0 Å². The van der Waals surface area contributed by atoms with Crippen LogP contribution in [-0.2, 0) is 13.5 Å². The summed E-state index contributed by atoms with van der Waals surface area (Å²) in [4.78, 5) is 0. The summed E-state index contributed by atoms with van der Waals surface area (Å²) < 4.78 is 14.5. The molecule has 1 heterocycles. The molecule has 0 radical (unpaired) electrons. The highest BCUT2D eigenvalue weighted by Crippen LogP contribution is 2.22. The van der Waals surface area contributed by atoms with Gasteiger partial charge in [0.25, 0.3) is 0 Å². The largest absolute Gasteiger partial charge is 0.322 e. The van der Waals surface area contributed by atoms with Crippen molar-refractivity contribution < 1.29 is 4.39 Å². The Morgan fingerprint density at radius 3 is 2.88 bits per heavy atom. The Labute approximate surface area is 103 Å². The van der Waals surface area contributed by atoms with E-state index in [-0.39, 0.29) is 11.9 Å². The van der Waals surface area contributed by atoms with Crippen LogP contribution in [0, 0.1) is 5.82 Å². The van der Waals surface area contributed by atoms with Crippen LogP contribution in [0.4, 0.5) is 4.39 Å². The van der Waals surface area contributed by atoms with Crippen LogP contribution in [0.1, 0.15) is 17.3 Å². The molecule has 0 fully saturated rings. The summed E-state index contributed by atoms with van der Waals surface area (Å²) in [5, 5.41) is 7.96. The van der Waals surface area contributed by atoms with Crippen molar-refractivity contribution in [1.29, 1.82) is 0 Å². The van der Waals surface area contributed by atoms with Crippen LogP contribution in [0.5, 0.6) is 0 Å². The second-order valence-electron chi connectivity index (χ2n) is 3.83. The minimum Gasteiger partial charge on any atom is -0.322 e. The minimum atomic E-state index is -0.352. The normalized spacial score (nSPS) is 12.7. The number of aromatic nitrogens is 3. The monoisotopic (exact) mass is 254 g/mol. The molecule has 4 nitrogen and oxygen atoms in total. The lowest BCUT2D eigenvalue weighted by atomic mass is 10.0. The topological polar surface area (TPSA) is 56.7 Å². The molecule has 2 aromatic rings. The predicted molar refractivity (Wildman–Crippen MR) is 63.0 cm³/mol. The minimum absolute atomic E-state index is 0.266. The first-order valence-electron chi connectivity index (χ1n) is 5.12. The summed E-state index contributed by atoms with van der Waals surface area (Å²) in [6.45, 7) is 0. The highest BCUT2D eigenvalue weighted by molar-refractivity contribution is 6.31. The van der Waals surface area contributed by atoms with Gasteiger partial charge in [0.2, 0.25) is 0 Å². The number of rotatable bonds is 3. The SMILES string of the molecule is Cn1nncc1C(N)Cc1ccc(F)cc1Cl. The van der Waals surface area contributed by atoms with Crippen molar-refractivity contribution in [3.05, 3.63) is 46.5 Å². The molecule has 0 saturated carbocycles. The van der Waals surface area contributed by atoms with Crippen molar-refractivity contribution in [3.63, 3.8) is 0 Å². The van der Waals surface area contributed by atoms with E-state index < -0.39 is 0 Å². The van der Waals surface area contributed by atoms with Crippen LogP contribution in [0.3, 0.4) is 0 Å². The number of hydrogen-bond acceptors (Lipinski definition) is 3. The van der Waals surface area contributed by atoms with Gasteiger partial charge in [0, 0.05) is 12.1 Å². The molecule has 0 aliphatic rings. The van der Waals surface area contributed by atoms with E-state index in [4.69, 9.17) is 17.3 Å². The van der Waals surface area contributed by atoms with Gasteiger partial charge >= 0.3 is 0 Å². The Morgan fingerprint density at radius 1 is 1.53 bits per heavy atom. The third-order valence-electron chi connectivity index (χ3n) is 2.58. The summed E-state index contributed by atoms with van der Waals surface area (Å²) in [6.07, 6.45) is 2.13. The fraction of sp³-hybridized carbons (Fsp3) is 0.273. The lowest BCUT2D eigenvalue weighted by Gasteiger charge is -2.12. The van der Waals surface area contributed by atoms with Gasteiger partial charge in [-0.25, -0.2) is 4.39 Å². The molecule has 0 bridgehead atoms. The third kappa shape index (κ3) is 2.62. The lowest BCUT2D eigenvalue weighted by molar-refractivity contribution is 0.603. The van der Waals surface area contributed by atoms with E-state index in [1.165, 1.54) is 12.1 Å². The summed E-state index contributed by atoms with van der Waals surface area (Å²) in [7, 11) is 1.77. The molecular weight excluding hydrogens is 243 g/mol. The van der Waals surface area contributed by atoms with Crippen molar-refractivity contribution in [3.8, 4) is 0 Å². The molecule has 1 aromatic heterocycles. The molecule has 0 aliphatic heterocycles. The zero-order valence-corrected chi connectivity index (χ0v) is 10.0. The van der Waals surface area contributed by atoms with Crippen molar-refractivity contribution in [2.45, 2.75) is 12.5 Å². The lowest BCUT2D eigenvalue weighted by Crippen LogP contribution is -2.17. The van der Waals surface area contributed by atoms with E-state index in [1.54, 1.807) is 24.0 Å². The number of benzene rings is 1. The van der Waals surface area contributed by atoms with Crippen molar-refractivity contribution >= 4 is 11.6 Å². The van der Waals surface area contributed by atoms with Crippen molar-refractivity contribution in [1.82, 2.24) is 15.0 Å². The van der Waals surface area contributed by atoms with Gasteiger partial charge in [0.1, 0.15) is 5.82 Å². The Bertz CT molecular complexity index is 526. The molecule has 0 amide bonds. The predicted octanol–water partition coefficient (Wildman–Crippen LogP) is 1.85. The molecule has 1 unspecified atom stereocenters. The standard InChI is InChI=1S/C11H12ClFN4/c1-17-11(6-15-16-17)10(14)4-7-2-3-8(13)5-9(7)12/h2-3,5-6,10H,4,14H2,1H3. The van der Waals surface area contributed by atoms with Crippen molar-refractivity contribution in [2.75, 3.05) is 0 Å². The molecule has 1 aromatic carbocycles. The molecule has 2 N–H and O–H groups in total. The highest BCUT2D eigenvalue weighted by Gasteiger charge is 2.13. The molecule has 0 aliphatic carbocycles. The van der Waals surface area contributed by atoms with Crippen LogP contribution >= 0.6 is 11.6 Å². The van der Waals surface area contributed by atoms with Gasteiger partial charge in [-0.15, -0.1) is 5.10 Å². The Balaban J connectivity index is 2.19. The molecule has 17 heavy (non-hydrogen) atoms. The number of halogens is 2. The molecule has 0 spiro atoms. The average Bonchev–Trinajstić information content (AvgIpc) is 2.68. The van der Waals surface area contributed by atoms with Crippen LogP contribution in [-0.4, -0.2) is 15.0 Å². The van der Waals surface area contributed by atoms with Gasteiger partial charge in [-0.1, -0.05) is 22.9 Å². The Morgan fingerprint density at radius 2 is 2.29 bits per heavy atom. The molecule has 0 saturated heterocycles. The van der Waals surface area contributed by atoms with Crippen LogP contribution in [0.2, 0.25) is 5.02 Å². The maximum atomic E-state index is 12.9. The number of hydrogen-bond donors (Lipinski definition) is 1. The van der Waals surface area contributed by atoms with E-state index in [2.05, 4.69) is 10.3 Å². The number of nitrogens with two attached hydrogens (primary N) is 1. The summed E-state index contributed by atoms with van der Waals surface area (Å²) >= 11 is 5.94. The van der Waals surface area contributed by atoms with E-state index in [0.717, 1.165) is 11.3 Å². The molecule has 2 rings (SSSR count). The van der Waals surface area contributed by atoms with Gasteiger partial charge in [0.15, 0.2) is 0 Å². The van der Waals surface area contributed by atoms with Gasteiger partial charge < -0.3 is 5.73 Å². The second-order valence-corrected chi connectivity index (χ2v) is 4.24. The van der Waals surface area contributed by atoms with Crippen molar-refractivity contribution in [2.24, 2.45) is 12.8 Å². The molecular formula is C11H12ClFN4. The Kier molecular flexibility index (Phi) is 3.40. The van der Waals surface area contributed by atoms with E-state index >= 15 is 0 Å². The van der Waals surface area contributed by atoms with Gasteiger partial charge in [0.05, 0.1) is 17.9 Å². The van der Waals surface area contributed by atoms with Crippen LogP contribution in [0.25, 0.3) is 0 Å². The Hall–Kier alpha value is -1.46. The zero-order chi connectivity index (χ0) is 12.4. The van der Waals surface area contributed by atoms with E-state index in [0.29, 0.717) is 11.4 Å². The zero-order valence-electron chi connectivity index (χ0n) is 9.27. The maximum absolute atomic E-state index is 12.9. The van der Waals surface area contributed by atoms with E-state index in [9.17, 15) is 4.39 Å². The van der Waals surface area contributed by atoms with Gasteiger partial charge in [-0.05, 0) is 24.1 Å². The first-order valence-corrected chi connectivity index (χ1v) is 5.50. The fourth-order valence-electron chi connectivity index (χ4n) is 1.66. The average molecular weight is 255 g/mol. The first kappa shape index (κ1) is 12.0. The second kappa shape index (κ2) is 4.81. The van der Waals surface area contributed by atoms with Crippen LogP contribution in [0.15, 0.2) is 24.4 Å². The van der Waals surface area contributed by atoms with E-state index in [1.807, 2.05) is 0 Å². The first-order chi connectivity index (χ1) is 8.08. The fourth-order valence-corrected chi connectivity index (χ4v) is 1.91. The summed E-state index contributed by atoms with van der Waals surface area (Å²) in [5.74, 6) is -0.352.